The standard InChI is InChI=1S/C32H59N5O4/c1-4-7-8-9-10-11-12-13-14-15-16-17-18-19-20-21-22-39-25-27(23-28(40-5-2)41-6-3)24-37-26-34-29-30(37)35-32(33)36-31(29)38/h26-28H,4-25H2,1-3H3,(H3,33,35,36,38). The lowest BCUT2D eigenvalue weighted by atomic mass is 10.0. The molecule has 0 aromatic carbocycles. The highest BCUT2D eigenvalue weighted by Gasteiger charge is 2.20. The van der Waals surface area contributed by atoms with E-state index in [-0.39, 0.29) is 23.7 Å². The van der Waals surface area contributed by atoms with Crippen LogP contribution in [0.4, 0.5) is 5.95 Å². The summed E-state index contributed by atoms with van der Waals surface area (Å²) in [7, 11) is 0. The maximum atomic E-state index is 12.2. The number of nitrogens with one attached hydrogen (secondary N) is 1. The van der Waals surface area contributed by atoms with E-state index < -0.39 is 0 Å². The van der Waals surface area contributed by atoms with Crippen LogP contribution >= 0.6 is 0 Å². The summed E-state index contributed by atoms with van der Waals surface area (Å²) in [5.74, 6) is 0.195. The van der Waals surface area contributed by atoms with Gasteiger partial charge in [0.1, 0.15) is 0 Å². The van der Waals surface area contributed by atoms with Crippen molar-refractivity contribution in [2.45, 2.75) is 143 Å². The summed E-state index contributed by atoms with van der Waals surface area (Å²) in [5, 5.41) is 0. The van der Waals surface area contributed by atoms with Crippen LogP contribution in [0.15, 0.2) is 11.1 Å². The lowest BCUT2D eigenvalue weighted by Gasteiger charge is -2.24. The highest BCUT2D eigenvalue weighted by atomic mass is 16.7. The Morgan fingerprint density at radius 1 is 0.829 bits per heavy atom. The van der Waals surface area contributed by atoms with Crippen LogP contribution in [0.5, 0.6) is 0 Å². The molecule has 2 aromatic heterocycles. The number of aromatic amines is 1. The summed E-state index contributed by atoms with van der Waals surface area (Å²) in [6.45, 7) is 9.30. The number of hydrogen-bond acceptors (Lipinski definition) is 7. The molecule has 2 rings (SSSR count). The molecule has 0 saturated heterocycles. The van der Waals surface area contributed by atoms with Crippen LogP contribution in [0, 0.1) is 5.92 Å². The van der Waals surface area contributed by atoms with Crippen molar-refractivity contribution in [3.8, 4) is 0 Å². The summed E-state index contributed by atoms with van der Waals surface area (Å²) in [6.07, 6.45) is 23.8. The van der Waals surface area contributed by atoms with Gasteiger partial charge in [-0.25, -0.2) is 4.98 Å². The molecule has 0 radical (unpaired) electrons. The largest absolute Gasteiger partial charge is 0.381 e. The quantitative estimate of drug-likeness (QED) is 0.0840. The smallest absolute Gasteiger partial charge is 0.280 e. The van der Waals surface area contributed by atoms with Gasteiger partial charge in [-0.15, -0.1) is 0 Å². The van der Waals surface area contributed by atoms with E-state index in [1.165, 1.54) is 96.3 Å². The molecule has 2 heterocycles. The predicted molar refractivity (Wildman–Crippen MR) is 168 cm³/mol. The van der Waals surface area contributed by atoms with Gasteiger partial charge < -0.3 is 24.5 Å². The molecule has 9 heteroatoms. The lowest BCUT2D eigenvalue weighted by Crippen LogP contribution is -2.27. The number of H-pyrrole nitrogens is 1. The highest BCUT2D eigenvalue weighted by Crippen LogP contribution is 2.18. The van der Waals surface area contributed by atoms with Crippen molar-refractivity contribution in [3.63, 3.8) is 0 Å². The molecule has 0 aliphatic heterocycles. The first-order valence-corrected chi connectivity index (χ1v) is 16.6. The second-order valence-corrected chi connectivity index (χ2v) is 11.3. The van der Waals surface area contributed by atoms with E-state index in [0.29, 0.717) is 44.0 Å². The summed E-state index contributed by atoms with van der Waals surface area (Å²) < 4.78 is 19.6. The number of imidazole rings is 1. The zero-order chi connectivity index (χ0) is 29.5. The summed E-state index contributed by atoms with van der Waals surface area (Å²) in [4.78, 5) is 23.2. The zero-order valence-electron chi connectivity index (χ0n) is 26.3. The van der Waals surface area contributed by atoms with Crippen LogP contribution in [0.3, 0.4) is 0 Å². The average molecular weight is 578 g/mol. The van der Waals surface area contributed by atoms with Gasteiger partial charge in [0.2, 0.25) is 5.95 Å². The maximum absolute atomic E-state index is 12.2. The number of anilines is 1. The molecule has 9 nitrogen and oxygen atoms in total. The number of nitrogens with zero attached hydrogens (tertiary/aromatic N) is 3. The van der Waals surface area contributed by atoms with Crippen LogP contribution in [0.2, 0.25) is 0 Å². The molecule has 0 saturated carbocycles. The fourth-order valence-electron chi connectivity index (χ4n) is 5.41. The van der Waals surface area contributed by atoms with Crippen molar-refractivity contribution in [2.75, 3.05) is 32.2 Å². The Balaban J connectivity index is 1.62. The molecule has 41 heavy (non-hydrogen) atoms. The highest BCUT2D eigenvalue weighted by molar-refractivity contribution is 5.70. The third kappa shape index (κ3) is 15.2. The Kier molecular flexibility index (Phi) is 19.4. The van der Waals surface area contributed by atoms with Gasteiger partial charge in [0, 0.05) is 38.7 Å². The average Bonchev–Trinajstić information content (AvgIpc) is 3.35. The van der Waals surface area contributed by atoms with Gasteiger partial charge in [-0.1, -0.05) is 103 Å². The van der Waals surface area contributed by atoms with Crippen molar-refractivity contribution in [3.05, 3.63) is 16.7 Å². The van der Waals surface area contributed by atoms with E-state index in [1.54, 1.807) is 6.33 Å². The topological polar surface area (TPSA) is 117 Å². The van der Waals surface area contributed by atoms with Crippen molar-refractivity contribution < 1.29 is 14.2 Å². The van der Waals surface area contributed by atoms with E-state index in [4.69, 9.17) is 19.9 Å². The van der Waals surface area contributed by atoms with Crippen LogP contribution in [0.25, 0.3) is 11.2 Å². The molecule has 1 atom stereocenters. The Labute approximate surface area is 248 Å². The van der Waals surface area contributed by atoms with Gasteiger partial charge in [0.15, 0.2) is 17.5 Å². The molecule has 0 bridgehead atoms. The zero-order valence-corrected chi connectivity index (χ0v) is 26.3. The molecule has 1 unspecified atom stereocenters. The van der Waals surface area contributed by atoms with Gasteiger partial charge >= 0.3 is 0 Å². The second kappa shape index (κ2) is 22.6. The molecule has 236 valence electrons. The third-order valence-corrected chi connectivity index (χ3v) is 7.67. The van der Waals surface area contributed by atoms with Crippen LogP contribution in [-0.2, 0) is 20.8 Å². The number of aromatic nitrogens is 4. The summed E-state index contributed by atoms with van der Waals surface area (Å²) in [5.41, 5.74) is 6.23. The minimum atomic E-state index is -0.330. The molecular formula is C32H59N5O4. The number of hydrogen-bond donors (Lipinski definition) is 2. The molecule has 0 aliphatic carbocycles. The van der Waals surface area contributed by atoms with E-state index in [1.807, 2.05) is 18.4 Å². The number of nitrogen functional groups attached to an aromatic ring is 1. The molecule has 0 spiro atoms. The van der Waals surface area contributed by atoms with E-state index in [2.05, 4.69) is 21.9 Å². The SMILES string of the molecule is CCCCCCCCCCCCCCCCCCOCC(CC(OCC)OCC)Cn1cnc2c(=O)[nH]c(N)nc21. The number of nitrogens with two attached hydrogens (primary N) is 1. The van der Waals surface area contributed by atoms with Crippen molar-refractivity contribution >= 4 is 17.1 Å². The Morgan fingerprint density at radius 2 is 1.37 bits per heavy atom. The van der Waals surface area contributed by atoms with Crippen LogP contribution < -0.4 is 11.3 Å². The molecule has 3 N–H and O–H groups in total. The normalized spacial score (nSPS) is 12.6. The van der Waals surface area contributed by atoms with Crippen molar-refractivity contribution in [1.82, 2.24) is 19.5 Å². The Hall–Kier alpha value is -1.97. The second-order valence-electron chi connectivity index (χ2n) is 11.3. The monoisotopic (exact) mass is 577 g/mol. The van der Waals surface area contributed by atoms with Gasteiger partial charge in [-0.3, -0.25) is 9.78 Å². The number of rotatable bonds is 27. The predicted octanol–water partition coefficient (Wildman–Crippen LogP) is 7.39. The molecular weight excluding hydrogens is 518 g/mol. The van der Waals surface area contributed by atoms with Crippen molar-refractivity contribution in [2.24, 2.45) is 5.92 Å². The number of fused-ring (bicyclic) bond motifs is 1. The number of ether oxygens (including phenoxy) is 3. The summed E-state index contributed by atoms with van der Waals surface area (Å²) >= 11 is 0. The van der Waals surface area contributed by atoms with E-state index >= 15 is 0 Å². The van der Waals surface area contributed by atoms with E-state index in [9.17, 15) is 4.79 Å². The molecule has 0 amide bonds. The van der Waals surface area contributed by atoms with E-state index in [0.717, 1.165) is 13.0 Å². The lowest BCUT2D eigenvalue weighted by molar-refractivity contribution is -0.150. The minimum Gasteiger partial charge on any atom is -0.381 e. The maximum Gasteiger partial charge on any atom is 0.280 e. The van der Waals surface area contributed by atoms with Gasteiger partial charge in [0.05, 0.1) is 12.9 Å². The van der Waals surface area contributed by atoms with Crippen molar-refractivity contribution in [1.29, 1.82) is 0 Å². The van der Waals surface area contributed by atoms with Gasteiger partial charge in [-0.2, -0.15) is 4.98 Å². The Bertz CT molecular complexity index is 957. The first kappa shape index (κ1) is 35.2. The van der Waals surface area contributed by atoms with Gasteiger partial charge in [0.25, 0.3) is 5.56 Å². The first-order valence-electron chi connectivity index (χ1n) is 16.6. The molecule has 0 fully saturated rings. The Morgan fingerprint density at radius 3 is 1.90 bits per heavy atom. The molecule has 2 aromatic rings. The van der Waals surface area contributed by atoms with Gasteiger partial charge in [-0.05, 0) is 20.3 Å². The first-order chi connectivity index (χ1) is 20.1. The summed E-state index contributed by atoms with van der Waals surface area (Å²) in [6, 6.07) is 0. The molecule has 0 aliphatic rings. The third-order valence-electron chi connectivity index (χ3n) is 7.67. The fraction of sp³-hybridized carbons (Fsp3) is 0.844. The number of unbranched alkanes of at least 4 members (excludes halogenated alkanes) is 15. The van der Waals surface area contributed by atoms with Crippen LogP contribution in [0.1, 0.15) is 130 Å². The fourth-order valence-corrected chi connectivity index (χ4v) is 5.41. The van der Waals surface area contributed by atoms with Crippen LogP contribution in [-0.4, -0.2) is 52.2 Å². The minimum absolute atomic E-state index is 0.0852.